The summed E-state index contributed by atoms with van der Waals surface area (Å²) in [6.07, 6.45) is 0. The number of carbonyl (C=O) groups excluding carboxylic acids is 1. The average Bonchev–Trinajstić information content (AvgIpc) is 1.96. The third kappa shape index (κ3) is 3.92. The number of rotatable bonds is 3. The van der Waals surface area contributed by atoms with Crippen molar-refractivity contribution in [3.05, 3.63) is 0 Å². The van der Waals surface area contributed by atoms with Crippen molar-refractivity contribution in [3.8, 4) is 0 Å². The van der Waals surface area contributed by atoms with Crippen molar-refractivity contribution in [1.29, 1.82) is 0 Å². The summed E-state index contributed by atoms with van der Waals surface area (Å²) in [5, 5.41) is 8.54. The number of hydrogen-bond donors (Lipinski definition) is 1. The van der Waals surface area contributed by atoms with Crippen molar-refractivity contribution < 1.29 is 14.7 Å². The summed E-state index contributed by atoms with van der Waals surface area (Å²) in [5.74, 6) is -1.10. The van der Waals surface area contributed by atoms with Gasteiger partial charge in [-0.1, -0.05) is 20.8 Å². The van der Waals surface area contributed by atoms with E-state index in [0.717, 1.165) is 0 Å². The quantitative estimate of drug-likeness (QED) is 0.716. The Morgan fingerprint density at radius 2 is 1.77 bits per heavy atom. The van der Waals surface area contributed by atoms with Crippen LogP contribution in [0.1, 0.15) is 27.7 Å². The predicted octanol–water partition coefficient (Wildman–Crippen LogP) is 0.966. The molecule has 0 aromatic carbocycles. The Morgan fingerprint density at radius 3 is 2.00 bits per heavy atom. The number of carboxylic acids is 1. The smallest absolute Gasteiger partial charge is 0.323 e. The van der Waals surface area contributed by atoms with Crippen LogP contribution < -0.4 is 0 Å². The fraction of sp³-hybridized carbons (Fsp3) is 0.778. The van der Waals surface area contributed by atoms with Gasteiger partial charge in [0.2, 0.25) is 5.91 Å². The first-order chi connectivity index (χ1) is 5.79. The second-order valence-corrected chi connectivity index (χ2v) is 3.96. The monoisotopic (exact) mass is 187 g/mol. The molecular weight excluding hydrogens is 170 g/mol. The molecule has 0 heterocycles. The van der Waals surface area contributed by atoms with Gasteiger partial charge in [-0.25, -0.2) is 0 Å². The molecule has 0 unspecified atom stereocenters. The maximum Gasteiger partial charge on any atom is 0.323 e. The highest BCUT2D eigenvalue weighted by molar-refractivity contribution is 5.85. The molecule has 4 heteroatoms. The molecule has 0 saturated carbocycles. The number of aliphatic carboxylic acids is 1. The molecule has 0 fully saturated rings. The zero-order valence-corrected chi connectivity index (χ0v) is 8.63. The summed E-state index contributed by atoms with van der Waals surface area (Å²) in [7, 11) is 0. The van der Waals surface area contributed by atoms with E-state index in [0.29, 0.717) is 6.54 Å². The zero-order valence-electron chi connectivity index (χ0n) is 8.63. The SMILES string of the molecule is CCN(CC(=O)O)C(=O)C(C)(C)C. The van der Waals surface area contributed by atoms with Gasteiger partial charge in [-0.2, -0.15) is 0 Å². The molecule has 0 bridgehead atoms. The summed E-state index contributed by atoms with van der Waals surface area (Å²) >= 11 is 0. The van der Waals surface area contributed by atoms with Crippen molar-refractivity contribution in [2.45, 2.75) is 27.7 Å². The largest absolute Gasteiger partial charge is 0.480 e. The molecule has 0 atom stereocenters. The third-order valence-electron chi connectivity index (χ3n) is 1.64. The fourth-order valence-electron chi connectivity index (χ4n) is 0.965. The van der Waals surface area contributed by atoms with Crippen LogP contribution in [0, 0.1) is 5.41 Å². The lowest BCUT2D eigenvalue weighted by atomic mass is 9.95. The Hall–Kier alpha value is -1.06. The highest BCUT2D eigenvalue weighted by atomic mass is 16.4. The lowest BCUT2D eigenvalue weighted by Gasteiger charge is -2.26. The number of amides is 1. The summed E-state index contributed by atoms with van der Waals surface area (Å²) in [6.45, 7) is 7.32. The maximum atomic E-state index is 11.6. The molecule has 1 N–H and O–H groups in total. The minimum absolute atomic E-state index is 0.127. The van der Waals surface area contributed by atoms with Crippen LogP contribution in [-0.4, -0.2) is 35.0 Å². The second-order valence-electron chi connectivity index (χ2n) is 3.96. The predicted molar refractivity (Wildman–Crippen MR) is 49.3 cm³/mol. The Labute approximate surface area is 78.5 Å². The van der Waals surface area contributed by atoms with Crippen molar-refractivity contribution in [2.75, 3.05) is 13.1 Å². The lowest BCUT2D eigenvalue weighted by Crippen LogP contribution is -2.42. The van der Waals surface area contributed by atoms with Gasteiger partial charge in [0.15, 0.2) is 0 Å². The van der Waals surface area contributed by atoms with Crippen LogP contribution in [0.3, 0.4) is 0 Å². The van der Waals surface area contributed by atoms with Gasteiger partial charge in [-0.3, -0.25) is 9.59 Å². The van der Waals surface area contributed by atoms with Crippen molar-refractivity contribution >= 4 is 11.9 Å². The first-order valence-corrected chi connectivity index (χ1v) is 4.30. The minimum atomic E-state index is -0.973. The van der Waals surface area contributed by atoms with Gasteiger partial charge in [0.05, 0.1) is 0 Å². The average molecular weight is 187 g/mol. The molecule has 0 spiro atoms. The van der Waals surface area contributed by atoms with Gasteiger partial charge in [-0.05, 0) is 6.92 Å². The summed E-state index contributed by atoms with van der Waals surface area (Å²) in [6, 6.07) is 0. The first kappa shape index (κ1) is 11.9. The molecule has 4 nitrogen and oxygen atoms in total. The Balaban J connectivity index is 4.41. The number of carboxylic acid groups (broad SMARTS) is 1. The lowest BCUT2D eigenvalue weighted by molar-refractivity contribution is -0.148. The molecule has 0 rings (SSSR count). The summed E-state index contributed by atoms with van der Waals surface area (Å²) in [5.41, 5.74) is -0.508. The molecule has 0 radical (unpaired) electrons. The Morgan fingerprint density at radius 1 is 1.31 bits per heavy atom. The number of carbonyl (C=O) groups is 2. The van der Waals surface area contributed by atoms with Gasteiger partial charge in [0, 0.05) is 12.0 Å². The van der Waals surface area contributed by atoms with E-state index in [1.165, 1.54) is 4.90 Å². The van der Waals surface area contributed by atoms with Gasteiger partial charge in [0.1, 0.15) is 6.54 Å². The maximum absolute atomic E-state index is 11.6. The molecule has 1 amide bonds. The fourth-order valence-corrected chi connectivity index (χ4v) is 0.965. The minimum Gasteiger partial charge on any atom is -0.480 e. The topological polar surface area (TPSA) is 57.6 Å². The molecule has 13 heavy (non-hydrogen) atoms. The molecule has 0 aliphatic heterocycles. The van der Waals surface area contributed by atoms with Crippen molar-refractivity contribution in [2.24, 2.45) is 5.41 Å². The van der Waals surface area contributed by atoms with E-state index in [9.17, 15) is 9.59 Å². The van der Waals surface area contributed by atoms with Crippen LogP contribution in [0.5, 0.6) is 0 Å². The molecule has 0 aromatic heterocycles. The molecule has 0 aromatic rings. The number of hydrogen-bond acceptors (Lipinski definition) is 2. The van der Waals surface area contributed by atoms with Crippen molar-refractivity contribution in [1.82, 2.24) is 4.90 Å². The highest BCUT2D eigenvalue weighted by Crippen LogP contribution is 2.16. The van der Waals surface area contributed by atoms with E-state index in [-0.39, 0.29) is 12.5 Å². The summed E-state index contributed by atoms with van der Waals surface area (Å²) < 4.78 is 0. The van der Waals surface area contributed by atoms with E-state index in [2.05, 4.69) is 0 Å². The van der Waals surface area contributed by atoms with Crippen LogP contribution >= 0.6 is 0 Å². The van der Waals surface area contributed by atoms with Crippen LogP contribution in [-0.2, 0) is 9.59 Å². The van der Waals surface area contributed by atoms with Gasteiger partial charge < -0.3 is 10.0 Å². The van der Waals surface area contributed by atoms with Gasteiger partial charge in [-0.15, -0.1) is 0 Å². The number of nitrogens with zero attached hydrogens (tertiary/aromatic N) is 1. The molecule has 76 valence electrons. The van der Waals surface area contributed by atoms with E-state index >= 15 is 0 Å². The van der Waals surface area contributed by atoms with Gasteiger partial charge in [0.25, 0.3) is 0 Å². The van der Waals surface area contributed by atoms with Crippen LogP contribution in [0.2, 0.25) is 0 Å². The van der Waals surface area contributed by atoms with Crippen LogP contribution in [0.25, 0.3) is 0 Å². The third-order valence-corrected chi connectivity index (χ3v) is 1.64. The zero-order chi connectivity index (χ0) is 10.6. The van der Waals surface area contributed by atoms with Crippen LogP contribution in [0.4, 0.5) is 0 Å². The van der Waals surface area contributed by atoms with E-state index in [1.54, 1.807) is 27.7 Å². The second kappa shape index (κ2) is 4.25. The first-order valence-electron chi connectivity index (χ1n) is 4.30. The Bertz CT molecular complexity index is 205. The van der Waals surface area contributed by atoms with Crippen molar-refractivity contribution in [3.63, 3.8) is 0 Å². The van der Waals surface area contributed by atoms with E-state index in [4.69, 9.17) is 5.11 Å². The molecular formula is C9H17NO3. The normalized spacial score (nSPS) is 11.1. The summed E-state index contributed by atoms with van der Waals surface area (Å²) in [4.78, 5) is 23.3. The molecule has 0 aliphatic rings. The highest BCUT2D eigenvalue weighted by Gasteiger charge is 2.27. The molecule has 0 aliphatic carbocycles. The number of likely N-dealkylation sites (N-methyl/N-ethyl adjacent to an activating group) is 1. The van der Waals surface area contributed by atoms with Gasteiger partial charge >= 0.3 is 5.97 Å². The van der Waals surface area contributed by atoms with E-state index in [1.807, 2.05) is 0 Å². The van der Waals surface area contributed by atoms with E-state index < -0.39 is 11.4 Å². The standard InChI is InChI=1S/C9H17NO3/c1-5-10(6-7(11)12)8(13)9(2,3)4/h5-6H2,1-4H3,(H,11,12). The van der Waals surface area contributed by atoms with Crippen LogP contribution in [0.15, 0.2) is 0 Å². The molecule has 0 saturated heterocycles. The Kier molecular flexibility index (Phi) is 3.91.